The van der Waals surface area contributed by atoms with Crippen LogP contribution in [-0.4, -0.2) is 53.0 Å². The Bertz CT molecular complexity index is 806. The number of imidazole rings is 1. The van der Waals surface area contributed by atoms with Crippen molar-refractivity contribution in [1.82, 2.24) is 24.2 Å². The predicted molar refractivity (Wildman–Crippen MR) is 84.8 cm³/mol. The fraction of sp³-hybridized carbons (Fsp3) is 0.462. The number of aromatic nitrogens is 4. The molecule has 0 aliphatic rings. The van der Waals surface area contributed by atoms with Gasteiger partial charge in [-0.15, -0.1) is 0 Å². The summed E-state index contributed by atoms with van der Waals surface area (Å²) in [5.41, 5.74) is 0. The number of rotatable bonds is 8. The molecule has 2 aromatic rings. The first-order valence-corrected chi connectivity index (χ1v) is 8.92. The topological polar surface area (TPSA) is 102 Å². The molecule has 0 unspecified atom stereocenters. The lowest BCUT2D eigenvalue weighted by molar-refractivity contribution is -0.129. The van der Waals surface area contributed by atoms with Crippen molar-refractivity contribution in [3.63, 3.8) is 0 Å². The fourth-order valence-corrected chi connectivity index (χ4v) is 2.97. The maximum atomic E-state index is 12.1. The maximum Gasteiger partial charge on any atom is 0.390 e. The average molecular weight is 378 g/mol. The molecule has 2 heterocycles. The molecule has 0 saturated heterocycles. The van der Waals surface area contributed by atoms with E-state index in [4.69, 9.17) is 0 Å². The highest BCUT2D eigenvalue weighted by molar-refractivity contribution is 7.89. The van der Waals surface area contributed by atoms with E-state index in [1.54, 1.807) is 23.0 Å². The summed E-state index contributed by atoms with van der Waals surface area (Å²) in [6.07, 6.45) is -1.19. The number of nitrogens with zero attached hydrogens (tertiary/aromatic N) is 4. The first-order valence-electron chi connectivity index (χ1n) is 7.27. The van der Waals surface area contributed by atoms with Crippen LogP contribution in [0.5, 0.6) is 0 Å². The van der Waals surface area contributed by atoms with Gasteiger partial charge in [0.15, 0.2) is 0 Å². The van der Waals surface area contributed by atoms with Crippen LogP contribution < -0.4 is 10.0 Å². The molecule has 8 nitrogen and oxygen atoms in total. The number of aryl methyl sites for hydroxylation is 1. The SMILES string of the molecule is Cc1nccn1-c1cc(NCCNS(=O)(=O)CCC(F)(F)F)ncn1. The molecule has 138 valence electrons. The largest absolute Gasteiger partial charge is 0.390 e. The summed E-state index contributed by atoms with van der Waals surface area (Å²) in [6.45, 7) is 1.90. The Kier molecular flexibility index (Phi) is 5.95. The molecule has 0 aliphatic carbocycles. The first-order chi connectivity index (χ1) is 11.7. The average Bonchev–Trinajstić information content (AvgIpc) is 2.96. The van der Waals surface area contributed by atoms with Crippen LogP contribution in [0.2, 0.25) is 0 Å². The predicted octanol–water partition coefficient (Wildman–Crippen LogP) is 1.25. The Balaban J connectivity index is 1.83. The summed E-state index contributed by atoms with van der Waals surface area (Å²) >= 11 is 0. The molecule has 0 aromatic carbocycles. The van der Waals surface area contributed by atoms with Gasteiger partial charge in [-0.25, -0.2) is 28.1 Å². The number of hydrogen-bond acceptors (Lipinski definition) is 6. The minimum absolute atomic E-state index is 0.0658. The molecule has 0 fully saturated rings. The van der Waals surface area contributed by atoms with E-state index in [1.807, 2.05) is 6.92 Å². The lowest BCUT2D eigenvalue weighted by atomic mass is 10.5. The molecule has 2 N–H and O–H groups in total. The van der Waals surface area contributed by atoms with E-state index in [1.165, 1.54) is 6.33 Å². The summed E-state index contributed by atoms with van der Waals surface area (Å²) in [5, 5.41) is 2.88. The monoisotopic (exact) mass is 378 g/mol. The van der Waals surface area contributed by atoms with Gasteiger partial charge >= 0.3 is 6.18 Å². The highest BCUT2D eigenvalue weighted by atomic mass is 32.2. The minimum atomic E-state index is -4.50. The second kappa shape index (κ2) is 7.78. The molecular formula is C13H17F3N6O2S. The first kappa shape index (κ1) is 19.1. The van der Waals surface area contributed by atoms with Crippen LogP contribution in [0.25, 0.3) is 5.82 Å². The van der Waals surface area contributed by atoms with Crippen LogP contribution in [0.4, 0.5) is 19.0 Å². The summed E-state index contributed by atoms with van der Waals surface area (Å²) in [4.78, 5) is 12.2. The number of hydrogen-bond donors (Lipinski definition) is 2. The van der Waals surface area contributed by atoms with Crippen molar-refractivity contribution in [2.24, 2.45) is 0 Å². The lowest BCUT2D eigenvalue weighted by Crippen LogP contribution is -2.32. The van der Waals surface area contributed by atoms with Crippen molar-refractivity contribution >= 4 is 15.8 Å². The van der Waals surface area contributed by atoms with Gasteiger partial charge in [-0.05, 0) is 6.92 Å². The number of anilines is 1. The quantitative estimate of drug-likeness (QED) is 0.671. The smallest absolute Gasteiger partial charge is 0.369 e. The molecule has 0 radical (unpaired) electrons. The second-order valence-electron chi connectivity index (χ2n) is 5.11. The van der Waals surface area contributed by atoms with Crippen molar-refractivity contribution < 1.29 is 21.6 Å². The molecule has 0 spiro atoms. The summed E-state index contributed by atoms with van der Waals surface area (Å²) < 4.78 is 62.9. The molecule has 0 bridgehead atoms. The third-order valence-electron chi connectivity index (χ3n) is 3.13. The maximum absolute atomic E-state index is 12.1. The number of halogens is 3. The summed E-state index contributed by atoms with van der Waals surface area (Å²) in [7, 11) is -3.97. The van der Waals surface area contributed by atoms with Crippen LogP contribution >= 0.6 is 0 Å². The van der Waals surface area contributed by atoms with Gasteiger partial charge in [0.2, 0.25) is 10.0 Å². The molecule has 12 heteroatoms. The molecule has 0 amide bonds. The number of nitrogens with one attached hydrogen (secondary N) is 2. The van der Waals surface area contributed by atoms with Gasteiger partial charge in [-0.2, -0.15) is 13.2 Å². The van der Waals surface area contributed by atoms with E-state index in [0.29, 0.717) is 11.6 Å². The van der Waals surface area contributed by atoms with Gasteiger partial charge < -0.3 is 5.32 Å². The van der Waals surface area contributed by atoms with Crippen molar-refractivity contribution in [3.8, 4) is 5.82 Å². The van der Waals surface area contributed by atoms with Crippen molar-refractivity contribution in [2.75, 3.05) is 24.2 Å². The van der Waals surface area contributed by atoms with Gasteiger partial charge in [0, 0.05) is 31.5 Å². The van der Waals surface area contributed by atoms with Gasteiger partial charge in [0.05, 0.1) is 12.2 Å². The Morgan fingerprint density at radius 2 is 1.96 bits per heavy atom. The lowest BCUT2D eigenvalue weighted by Gasteiger charge is -2.10. The second-order valence-corrected chi connectivity index (χ2v) is 7.04. The highest BCUT2D eigenvalue weighted by Crippen LogP contribution is 2.19. The molecule has 2 aromatic heterocycles. The van der Waals surface area contributed by atoms with E-state index in [-0.39, 0.29) is 13.1 Å². The molecule has 25 heavy (non-hydrogen) atoms. The van der Waals surface area contributed by atoms with Crippen LogP contribution in [0, 0.1) is 6.92 Å². The number of sulfonamides is 1. The molecule has 0 atom stereocenters. The van der Waals surface area contributed by atoms with E-state index in [0.717, 1.165) is 5.82 Å². The third kappa shape index (κ3) is 6.31. The van der Waals surface area contributed by atoms with Crippen molar-refractivity contribution in [2.45, 2.75) is 19.5 Å². The minimum Gasteiger partial charge on any atom is -0.369 e. The van der Waals surface area contributed by atoms with E-state index in [9.17, 15) is 21.6 Å². The summed E-state index contributed by atoms with van der Waals surface area (Å²) in [5.74, 6) is 0.779. The normalized spacial score (nSPS) is 12.3. The zero-order valence-corrected chi connectivity index (χ0v) is 14.1. The van der Waals surface area contributed by atoms with Crippen LogP contribution in [0.1, 0.15) is 12.2 Å². The number of alkyl halides is 3. The standard InChI is InChI=1S/C13H17F3N6O2S/c1-10-17-5-6-22(10)12-8-11(19-9-20-12)18-3-4-21-25(23,24)7-2-13(14,15)16/h5-6,8-9,21H,2-4,7H2,1H3,(H,18,19,20). The van der Waals surface area contributed by atoms with Crippen molar-refractivity contribution in [3.05, 3.63) is 30.6 Å². The third-order valence-corrected chi connectivity index (χ3v) is 4.52. The molecular weight excluding hydrogens is 361 g/mol. The van der Waals surface area contributed by atoms with Crippen molar-refractivity contribution in [1.29, 1.82) is 0 Å². The van der Waals surface area contributed by atoms with Crippen LogP contribution in [-0.2, 0) is 10.0 Å². The Morgan fingerprint density at radius 1 is 1.20 bits per heavy atom. The Labute approximate surface area is 142 Å². The highest BCUT2D eigenvalue weighted by Gasteiger charge is 2.29. The van der Waals surface area contributed by atoms with E-state index < -0.39 is 28.4 Å². The van der Waals surface area contributed by atoms with Gasteiger partial charge in [-0.3, -0.25) is 4.57 Å². The van der Waals surface area contributed by atoms with Gasteiger partial charge in [-0.1, -0.05) is 0 Å². The summed E-state index contributed by atoms with van der Waals surface area (Å²) in [6, 6.07) is 1.65. The van der Waals surface area contributed by atoms with Crippen LogP contribution in [0.15, 0.2) is 24.8 Å². The Morgan fingerprint density at radius 3 is 2.60 bits per heavy atom. The zero-order chi connectivity index (χ0) is 18.5. The van der Waals surface area contributed by atoms with Gasteiger partial charge in [0.1, 0.15) is 23.8 Å². The zero-order valence-electron chi connectivity index (χ0n) is 13.3. The molecule has 2 rings (SSSR count). The van der Waals surface area contributed by atoms with Crippen LogP contribution in [0.3, 0.4) is 0 Å². The Hall–Kier alpha value is -2.21. The van der Waals surface area contributed by atoms with E-state index >= 15 is 0 Å². The van der Waals surface area contributed by atoms with E-state index in [2.05, 4.69) is 25.0 Å². The molecule has 0 aliphatic heterocycles. The fourth-order valence-electron chi connectivity index (χ4n) is 1.91. The molecule has 0 saturated carbocycles. The van der Waals surface area contributed by atoms with Gasteiger partial charge in [0.25, 0.3) is 0 Å².